The third kappa shape index (κ3) is 6.29. The van der Waals surface area contributed by atoms with Crippen molar-refractivity contribution >= 4 is 280 Å². The summed E-state index contributed by atoms with van der Waals surface area (Å²) < 4.78 is 1.64. The predicted molar refractivity (Wildman–Crippen MR) is 296 cm³/mol. The van der Waals surface area contributed by atoms with Crippen LogP contribution in [0.4, 0.5) is 0 Å². The third-order valence-corrected chi connectivity index (χ3v) is 12.7. The number of nitrogens with zero attached hydrogens (tertiary/aromatic N) is 4. The van der Waals surface area contributed by atoms with E-state index in [9.17, 15) is 5.11 Å². The second kappa shape index (κ2) is 15.9. The van der Waals surface area contributed by atoms with Crippen molar-refractivity contribution in [3.63, 3.8) is 0 Å². The number of aromatic hydroxyl groups is 1. The van der Waals surface area contributed by atoms with E-state index in [1.807, 2.05) is 60.7 Å². The molecule has 268 valence electrons. The van der Waals surface area contributed by atoms with Gasteiger partial charge < -0.3 is 9.67 Å². The molecule has 10 rings (SSSR count). The Morgan fingerprint density at radius 3 is 1.10 bits per heavy atom. The SMILES string of the molecule is [B]c1c([B])c([B])c(-c2nc(-c3cc4c5ccccc5c5ccccc5c4cc3-n3c4c([B])c([B])c([B])c([B])c4c4c([B])c([B])c(O)c([B])c43)nc(-c3c([B])c([B])c([B])c([B])c3[B])n2)c([B])c1[B]. The number of hydrogen-bond donors (Lipinski definition) is 1. The lowest BCUT2D eigenvalue weighted by Crippen LogP contribution is -2.55. The number of fused-ring (bicyclic) bond motifs is 9. The predicted octanol–water partition coefficient (Wildman–Crippen LogP) is -9.37. The van der Waals surface area contributed by atoms with Crippen LogP contribution >= 0.6 is 0 Å². The summed E-state index contributed by atoms with van der Waals surface area (Å²) >= 11 is 0. The summed E-state index contributed by atoms with van der Waals surface area (Å²) in [7, 11) is 112. The van der Waals surface area contributed by atoms with Gasteiger partial charge in [-0.2, -0.15) is 0 Å². The molecule has 0 aliphatic carbocycles. The van der Waals surface area contributed by atoms with E-state index in [1.165, 1.54) is 0 Å². The van der Waals surface area contributed by atoms with Gasteiger partial charge in [0.05, 0.1) is 5.69 Å². The topological polar surface area (TPSA) is 63.8 Å². The summed E-state index contributed by atoms with van der Waals surface area (Å²) in [5, 5.41) is 17.1. The smallest absolute Gasteiger partial charge is 0.166 e. The van der Waals surface area contributed by atoms with E-state index in [1.54, 1.807) is 4.57 Å². The van der Waals surface area contributed by atoms with Crippen LogP contribution in [0, 0.1) is 0 Å². The maximum absolute atomic E-state index is 11.5. The molecular formula is C45H11B17N4O. The van der Waals surface area contributed by atoms with Crippen molar-refractivity contribution < 1.29 is 5.11 Å². The van der Waals surface area contributed by atoms with E-state index in [4.69, 9.17) is 148 Å². The summed E-state index contributed by atoms with van der Waals surface area (Å²) in [5.41, 5.74) is -0.525. The minimum Gasteiger partial charge on any atom is -0.509 e. The zero-order valence-electron chi connectivity index (χ0n) is 35.3. The molecule has 0 saturated heterocycles. The Balaban J connectivity index is 1.49. The minimum atomic E-state index is -0.510. The van der Waals surface area contributed by atoms with Crippen LogP contribution in [0.3, 0.4) is 0 Å². The minimum absolute atomic E-state index is 0.00374. The summed E-state index contributed by atoms with van der Waals surface area (Å²) in [6, 6.07) is 19.5. The van der Waals surface area contributed by atoms with Crippen molar-refractivity contribution in [2.24, 2.45) is 0 Å². The fourth-order valence-electron chi connectivity index (χ4n) is 9.12. The molecule has 0 atom stereocenters. The highest BCUT2D eigenvalue weighted by molar-refractivity contribution is 6.71. The molecule has 1 N–H and O–H groups in total. The van der Waals surface area contributed by atoms with Crippen molar-refractivity contribution in [1.82, 2.24) is 19.5 Å². The van der Waals surface area contributed by atoms with Crippen molar-refractivity contribution in [2.75, 3.05) is 0 Å². The molecule has 0 saturated carbocycles. The zero-order chi connectivity index (χ0) is 48.0. The van der Waals surface area contributed by atoms with Crippen LogP contribution in [0.25, 0.3) is 94.0 Å². The molecule has 8 aromatic carbocycles. The summed E-state index contributed by atoms with van der Waals surface area (Å²) in [4.78, 5) is 14.9. The first-order chi connectivity index (χ1) is 31.8. The molecule has 2 heterocycles. The number of phenols is 1. The van der Waals surface area contributed by atoms with Crippen molar-refractivity contribution in [3.8, 4) is 45.6 Å². The molecule has 22 heteroatoms. The van der Waals surface area contributed by atoms with Gasteiger partial charge in [-0.15, -0.1) is 43.7 Å². The van der Waals surface area contributed by atoms with Crippen molar-refractivity contribution in [2.45, 2.75) is 0 Å². The number of benzene rings is 8. The molecule has 0 bridgehead atoms. The van der Waals surface area contributed by atoms with Crippen LogP contribution in [-0.4, -0.2) is 158 Å². The van der Waals surface area contributed by atoms with Gasteiger partial charge in [0.2, 0.25) is 0 Å². The molecular weight excluding hydrogens is 796 g/mol. The van der Waals surface area contributed by atoms with Gasteiger partial charge in [-0.1, -0.05) is 92.2 Å². The molecule has 0 unspecified atom stereocenters. The van der Waals surface area contributed by atoms with E-state index >= 15 is 0 Å². The summed E-state index contributed by atoms with van der Waals surface area (Å²) in [5.74, 6) is -0.893. The molecule has 5 nitrogen and oxygen atoms in total. The molecule has 2 aromatic heterocycles. The van der Waals surface area contributed by atoms with Crippen molar-refractivity contribution in [1.29, 1.82) is 0 Å². The van der Waals surface area contributed by atoms with Gasteiger partial charge in [0.1, 0.15) is 139 Å². The third-order valence-electron chi connectivity index (χ3n) is 12.7. The molecule has 0 aliphatic rings. The van der Waals surface area contributed by atoms with Crippen LogP contribution in [-0.2, 0) is 0 Å². The van der Waals surface area contributed by atoms with Gasteiger partial charge >= 0.3 is 0 Å². The maximum Gasteiger partial charge on any atom is 0.166 e. The maximum atomic E-state index is 11.5. The summed E-state index contributed by atoms with van der Waals surface area (Å²) in [6.07, 6.45) is 0. The van der Waals surface area contributed by atoms with E-state index in [0.29, 0.717) is 0 Å². The Morgan fingerprint density at radius 2 is 0.657 bits per heavy atom. The highest BCUT2D eigenvalue weighted by Crippen LogP contribution is 2.41. The first-order valence-electron chi connectivity index (χ1n) is 20.2. The van der Waals surface area contributed by atoms with Gasteiger partial charge in [0, 0.05) is 27.7 Å². The Bertz CT molecular complexity index is 3710. The lowest BCUT2D eigenvalue weighted by molar-refractivity contribution is 0.484. The Labute approximate surface area is 409 Å². The van der Waals surface area contributed by atoms with Crippen LogP contribution in [0.15, 0.2) is 60.7 Å². The Kier molecular flexibility index (Phi) is 10.7. The molecule has 67 heavy (non-hydrogen) atoms. The van der Waals surface area contributed by atoms with Crippen LogP contribution in [0.1, 0.15) is 0 Å². The number of hydrogen-bond acceptors (Lipinski definition) is 4. The second-order valence-corrected chi connectivity index (χ2v) is 16.2. The fourth-order valence-corrected chi connectivity index (χ4v) is 9.12. The molecule has 0 spiro atoms. The van der Waals surface area contributed by atoms with E-state index in [0.717, 1.165) is 32.3 Å². The van der Waals surface area contributed by atoms with Crippen molar-refractivity contribution in [3.05, 3.63) is 60.7 Å². The Hall–Kier alpha value is -5.75. The van der Waals surface area contributed by atoms with Gasteiger partial charge in [0.15, 0.2) is 17.5 Å². The molecule has 34 radical (unpaired) electrons. The highest BCUT2D eigenvalue weighted by Gasteiger charge is 2.28. The highest BCUT2D eigenvalue weighted by atomic mass is 16.3. The normalized spacial score (nSPS) is 11.8. The first-order valence-corrected chi connectivity index (χ1v) is 20.2. The zero-order valence-corrected chi connectivity index (χ0v) is 35.3. The molecule has 0 amide bonds. The average Bonchev–Trinajstić information content (AvgIpc) is 3.70. The van der Waals surface area contributed by atoms with Crippen LogP contribution in [0.2, 0.25) is 0 Å². The lowest BCUT2D eigenvalue weighted by atomic mass is 9.60. The van der Waals surface area contributed by atoms with Gasteiger partial charge in [-0.05, 0) is 60.7 Å². The second-order valence-electron chi connectivity index (χ2n) is 16.2. The first kappa shape index (κ1) is 45.1. The summed E-state index contributed by atoms with van der Waals surface area (Å²) in [6.45, 7) is 0. The van der Waals surface area contributed by atoms with E-state index in [-0.39, 0.29) is 155 Å². The van der Waals surface area contributed by atoms with Crippen LogP contribution in [0.5, 0.6) is 5.75 Å². The van der Waals surface area contributed by atoms with Gasteiger partial charge in [-0.25, -0.2) is 15.0 Å². The standard InChI is InChI=1S/C45H11B17N4O/c46-23-19-20-24(47)38(61)42(67)39(62)41(20)66(40(19)37(60)36(59)29(23)52)18-10-16-14-8-4-2-6-12(14)11-5-1-3-7-13(11)15(16)9-17(18)43-63-44(21-25(48)30(53)34(57)31(54)26(21)49)65-45(64-43)22-27(50)32(55)35(58)33(56)28(22)51/h1-10,67H. The van der Waals surface area contributed by atoms with E-state index in [2.05, 4.69) is 0 Å². The number of phenolic OH excluding ortho intramolecular Hbond substituents is 1. The van der Waals surface area contributed by atoms with Gasteiger partial charge in [0.25, 0.3) is 0 Å². The fraction of sp³-hybridized carbons (Fsp3) is 0. The Morgan fingerprint density at radius 1 is 0.328 bits per heavy atom. The monoisotopic (exact) mass is 810 g/mol. The lowest BCUT2D eigenvalue weighted by Gasteiger charge is -2.24. The average molecular weight is 807 g/mol. The molecule has 10 aromatic rings. The van der Waals surface area contributed by atoms with E-state index < -0.39 is 5.75 Å². The van der Waals surface area contributed by atoms with Crippen LogP contribution < -0.4 is 92.9 Å². The van der Waals surface area contributed by atoms with Gasteiger partial charge in [-0.3, -0.25) is 0 Å². The largest absolute Gasteiger partial charge is 0.509 e. The molecule has 0 fully saturated rings. The quantitative estimate of drug-likeness (QED) is 0.142. The number of rotatable bonds is 4. The number of aromatic nitrogens is 4. The molecule has 0 aliphatic heterocycles.